The van der Waals surface area contributed by atoms with Gasteiger partial charge in [0.2, 0.25) is 5.91 Å². The van der Waals surface area contributed by atoms with Crippen molar-refractivity contribution in [2.45, 2.75) is 38.3 Å². The standard InChI is InChI=1S/C23H28ClN3O2/c1-17(26-23(29)18-9-3-2-4-10-18)15-22(28)25-16-21(27-13-7-8-14-27)19-11-5-6-12-20(19)24/h2-6,9-12,17,21H,7-8,13-16H2,1H3,(H,25,28)(H,26,29)/t17-,21-/m1/s1. The molecule has 0 radical (unpaired) electrons. The maximum Gasteiger partial charge on any atom is 0.251 e. The Labute approximate surface area is 177 Å². The van der Waals surface area contributed by atoms with Crippen molar-refractivity contribution >= 4 is 23.4 Å². The van der Waals surface area contributed by atoms with E-state index in [9.17, 15) is 9.59 Å². The number of hydrogen-bond donors (Lipinski definition) is 2. The van der Waals surface area contributed by atoms with E-state index in [-0.39, 0.29) is 30.3 Å². The molecule has 5 nitrogen and oxygen atoms in total. The van der Waals surface area contributed by atoms with Crippen molar-refractivity contribution in [2.24, 2.45) is 0 Å². The van der Waals surface area contributed by atoms with Gasteiger partial charge in [-0.25, -0.2) is 0 Å². The van der Waals surface area contributed by atoms with Gasteiger partial charge >= 0.3 is 0 Å². The van der Waals surface area contributed by atoms with Gasteiger partial charge in [0, 0.05) is 29.6 Å². The minimum atomic E-state index is -0.256. The van der Waals surface area contributed by atoms with E-state index in [4.69, 9.17) is 11.6 Å². The number of hydrogen-bond acceptors (Lipinski definition) is 3. The monoisotopic (exact) mass is 413 g/mol. The maximum atomic E-state index is 12.5. The summed E-state index contributed by atoms with van der Waals surface area (Å²) in [4.78, 5) is 27.1. The zero-order valence-corrected chi connectivity index (χ0v) is 17.5. The Morgan fingerprint density at radius 1 is 1.03 bits per heavy atom. The zero-order valence-electron chi connectivity index (χ0n) is 16.7. The lowest BCUT2D eigenvalue weighted by Crippen LogP contribution is -2.40. The average molecular weight is 414 g/mol. The molecule has 2 aromatic rings. The fraction of sp³-hybridized carbons (Fsp3) is 0.391. The molecular formula is C23H28ClN3O2. The van der Waals surface area contributed by atoms with E-state index in [1.54, 1.807) is 12.1 Å². The quantitative estimate of drug-likeness (QED) is 0.691. The van der Waals surface area contributed by atoms with E-state index < -0.39 is 0 Å². The topological polar surface area (TPSA) is 61.4 Å². The van der Waals surface area contributed by atoms with Crippen LogP contribution in [0.5, 0.6) is 0 Å². The van der Waals surface area contributed by atoms with E-state index in [0.29, 0.717) is 12.1 Å². The number of nitrogens with zero attached hydrogens (tertiary/aromatic N) is 1. The Morgan fingerprint density at radius 2 is 1.69 bits per heavy atom. The van der Waals surface area contributed by atoms with Crippen LogP contribution in [0.3, 0.4) is 0 Å². The number of nitrogens with one attached hydrogen (secondary N) is 2. The molecule has 1 heterocycles. The summed E-state index contributed by atoms with van der Waals surface area (Å²) >= 11 is 6.43. The molecule has 1 aliphatic rings. The maximum absolute atomic E-state index is 12.5. The highest BCUT2D eigenvalue weighted by Gasteiger charge is 2.25. The SMILES string of the molecule is C[C@H](CC(=O)NC[C@H](c1ccccc1Cl)N1CCCC1)NC(=O)c1ccccc1. The van der Waals surface area contributed by atoms with Gasteiger partial charge < -0.3 is 10.6 Å². The molecule has 0 unspecified atom stereocenters. The molecule has 154 valence electrons. The van der Waals surface area contributed by atoms with Crippen LogP contribution in [0.2, 0.25) is 5.02 Å². The van der Waals surface area contributed by atoms with E-state index in [2.05, 4.69) is 15.5 Å². The first-order valence-electron chi connectivity index (χ1n) is 10.2. The first kappa shape index (κ1) is 21.3. The van der Waals surface area contributed by atoms with Gasteiger partial charge in [-0.3, -0.25) is 14.5 Å². The van der Waals surface area contributed by atoms with Gasteiger partial charge in [-0.2, -0.15) is 0 Å². The molecule has 3 rings (SSSR count). The number of likely N-dealkylation sites (tertiary alicyclic amines) is 1. The molecule has 6 heteroatoms. The predicted molar refractivity (Wildman–Crippen MR) is 116 cm³/mol. The second kappa shape index (κ2) is 10.4. The van der Waals surface area contributed by atoms with Crippen molar-refractivity contribution < 1.29 is 9.59 Å². The summed E-state index contributed by atoms with van der Waals surface area (Å²) in [6.45, 7) is 4.36. The van der Waals surface area contributed by atoms with Crippen molar-refractivity contribution in [1.29, 1.82) is 0 Å². The Morgan fingerprint density at radius 3 is 2.38 bits per heavy atom. The lowest BCUT2D eigenvalue weighted by atomic mass is 10.1. The number of halogens is 1. The molecular weight excluding hydrogens is 386 g/mol. The number of benzene rings is 2. The smallest absolute Gasteiger partial charge is 0.251 e. The first-order chi connectivity index (χ1) is 14.0. The summed E-state index contributed by atoms with van der Waals surface area (Å²) in [5, 5.41) is 6.64. The van der Waals surface area contributed by atoms with Crippen LogP contribution in [-0.4, -0.2) is 42.4 Å². The van der Waals surface area contributed by atoms with Crippen LogP contribution >= 0.6 is 11.6 Å². The lowest BCUT2D eigenvalue weighted by Gasteiger charge is -2.29. The minimum absolute atomic E-state index is 0.0596. The summed E-state index contributed by atoms with van der Waals surface area (Å²) in [5.41, 5.74) is 1.63. The van der Waals surface area contributed by atoms with Crippen LogP contribution in [0, 0.1) is 0 Å². The molecule has 0 aliphatic carbocycles. The van der Waals surface area contributed by atoms with E-state index in [1.807, 2.05) is 49.4 Å². The van der Waals surface area contributed by atoms with Gasteiger partial charge in [0.25, 0.3) is 5.91 Å². The Bertz CT molecular complexity index is 822. The van der Waals surface area contributed by atoms with Crippen molar-refractivity contribution in [3.05, 3.63) is 70.7 Å². The van der Waals surface area contributed by atoms with E-state index >= 15 is 0 Å². The van der Waals surface area contributed by atoms with Gasteiger partial charge in [-0.1, -0.05) is 48.0 Å². The van der Waals surface area contributed by atoms with E-state index in [1.165, 1.54) is 0 Å². The summed E-state index contributed by atoms with van der Waals surface area (Å²) in [6.07, 6.45) is 2.56. The van der Waals surface area contributed by atoms with Gasteiger partial charge in [-0.15, -0.1) is 0 Å². The molecule has 1 aliphatic heterocycles. The second-order valence-corrected chi connectivity index (χ2v) is 7.94. The van der Waals surface area contributed by atoms with Gasteiger partial charge in [0.1, 0.15) is 0 Å². The fourth-order valence-electron chi connectivity index (χ4n) is 3.74. The molecule has 2 atom stereocenters. The average Bonchev–Trinajstić information content (AvgIpc) is 3.24. The molecule has 0 saturated carbocycles. The van der Waals surface area contributed by atoms with Crippen molar-refractivity contribution in [3.63, 3.8) is 0 Å². The fourth-order valence-corrected chi connectivity index (χ4v) is 4.00. The number of rotatable bonds is 8. The molecule has 2 N–H and O–H groups in total. The third kappa shape index (κ3) is 6.05. The highest BCUT2D eigenvalue weighted by Crippen LogP contribution is 2.29. The molecule has 0 aromatic heterocycles. The molecule has 2 aromatic carbocycles. The predicted octanol–water partition coefficient (Wildman–Crippen LogP) is 3.80. The number of carbonyl (C=O) groups excluding carboxylic acids is 2. The van der Waals surface area contributed by atoms with Crippen LogP contribution in [0.4, 0.5) is 0 Å². The van der Waals surface area contributed by atoms with Crippen molar-refractivity contribution in [1.82, 2.24) is 15.5 Å². The third-order valence-corrected chi connectivity index (χ3v) is 5.59. The second-order valence-electron chi connectivity index (χ2n) is 7.53. The van der Waals surface area contributed by atoms with Gasteiger partial charge in [-0.05, 0) is 56.6 Å². The summed E-state index contributed by atoms with van der Waals surface area (Å²) in [5.74, 6) is -0.251. The Hall–Kier alpha value is -2.37. The van der Waals surface area contributed by atoms with Crippen molar-refractivity contribution in [3.8, 4) is 0 Å². The number of amides is 2. The molecule has 0 spiro atoms. The van der Waals surface area contributed by atoms with Crippen LogP contribution in [0.15, 0.2) is 54.6 Å². The van der Waals surface area contributed by atoms with Crippen LogP contribution in [0.1, 0.15) is 48.1 Å². The summed E-state index contributed by atoms with van der Waals surface area (Å²) in [6, 6.07) is 16.6. The van der Waals surface area contributed by atoms with Crippen molar-refractivity contribution in [2.75, 3.05) is 19.6 Å². The minimum Gasteiger partial charge on any atom is -0.354 e. The van der Waals surface area contributed by atoms with Gasteiger partial charge in [0.05, 0.1) is 6.04 Å². The molecule has 2 amide bonds. The van der Waals surface area contributed by atoms with Crippen LogP contribution < -0.4 is 10.6 Å². The molecule has 29 heavy (non-hydrogen) atoms. The first-order valence-corrected chi connectivity index (χ1v) is 10.5. The molecule has 1 saturated heterocycles. The lowest BCUT2D eigenvalue weighted by molar-refractivity contribution is -0.121. The molecule has 0 bridgehead atoms. The highest BCUT2D eigenvalue weighted by molar-refractivity contribution is 6.31. The Balaban J connectivity index is 1.54. The molecule has 1 fully saturated rings. The van der Waals surface area contributed by atoms with Crippen LogP contribution in [-0.2, 0) is 4.79 Å². The van der Waals surface area contributed by atoms with E-state index in [0.717, 1.165) is 36.5 Å². The third-order valence-electron chi connectivity index (χ3n) is 5.24. The van der Waals surface area contributed by atoms with Crippen LogP contribution in [0.25, 0.3) is 0 Å². The zero-order chi connectivity index (χ0) is 20.6. The largest absolute Gasteiger partial charge is 0.354 e. The van der Waals surface area contributed by atoms with Gasteiger partial charge in [0.15, 0.2) is 0 Å². The summed E-state index contributed by atoms with van der Waals surface area (Å²) < 4.78 is 0. The Kier molecular flexibility index (Phi) is 7.67. The number of carbonyl (C=O) groups is 2. The normalized spacial score (nSPS) is 16.2. The highest BCUT2D eigenvalue weighted by atomic mass is 35.5. The summed E-state index contributed by atoms with van der Waals surface area (Å²) in [7, 11) is 0.